The number of hydrogen-bond donors (Lipinski definition) is 2. The number of amides is 1. The highest BCUT2D eigenvalue weighted by atomic mass is 32.2. The predicted octanol–water partition coefficient (Wildman–Crippen LogP) is 2.42. The van der Waals surface area contributed by atoms with Gasteiger partial charge in [-0.15, -0.1) is 0 Å². The van der Waals surface area contributed by atoms with Crippen LogP contribution in [0.4, 0.5) is 5.69 Å². The fraction of sp³-hybridized carbons (Fsp3) is 0.389. The average Bonchev–Trinajstić information content (AvgIpc) is 3.13. The number of hydrogen-bond acceptors (Lipinski definition) is 6. The molecule has 8 nitrogen and oxygen atoms in total. The lowest BCUT2D eigenvalue weighted by Gasteiger charge is -2.20. The van der Waals surface area contributed by atoms with Crippen LogP contribution in [0.15, 0.2) is 39.8 Å². The van der Waals surface area contributed by atoms with Crippen LogP contribution in [-0.2, 0) is 16.6 Å². The van der Waals surface area contributed by atoms with Gasteiger partial charge in [0.05, 0.1) is 29.3 Å². The van der Waals surface area contributed by atoms with Crippen LogP contribution in [0.25, 0.3) is 0 Å². The van der Waals surface area contributed by atoms with Crippen molar-refractivity contribution < 1.29 is 22.4 Å². The first kappa shape index (κ1) is 20.9. The van der Waals surface area contributed by atoms with E-state index in [0.29, 0.717) is 31.2 Å². The summed E-state index contributed by atoms with van der Waals surface area (Å²) in [7, 11) is -3.66. The molecule has 9 heteroatoms. The van der Waals surface area contributed by atoms with Crippen molar-refractivity contribution in [2.24, 2.45) is 5.73 Å². The molecular formula is C18H25N3O5S. The van der Waals surface area contributed by atoms with Gasteiger partial charge >= 0.3 is 0 Å². The maximum absolute atomic E-state index is 12.8. The van der Waals surface area contributed by atoms with Gasteiger partial charge in [0.15, 0.2) is 0 Å². The standard InChI is InChI=1S/C18H25N3O5S/c1-4-21(5-2)27(23,24)15-7-8-17(25-6-3)16(10-15)20-18(22)13-9-14(11-19)26-12-13/h7-10,12H,4-6,11,19H2,1-3H3,(H,20,22). The molecule has 27 heavy (non-hydrogen) atoms. The molecule has 0 aliphatic rings. The first-order chi connectivity index (χ1) is 12.9. The lowest BCUT2D eigenvalue weighted by Crippen LogP contribution is -2.30. The topological polar surface area (TPSA) is 115 Å². The van der Waals surface area contributed by atoms with Crippen LogP contribution < -0.4 is 15.8 Å². The fourth-order valence-electron chi connectivity index (χ4n) is 2.56. The number of carbonyl (C=O) groups excluding carboxylic acids is 1. The van der Waals surface area contributed by atoms with Crippen LogP contribution in [0.3, 0.4) is 0 Å². The van der Waals surface area contributed by atoms with Gasteiger partial charge < -0.3 is 20.2 Å². The van der Waals surface area contributed by atoms with Crippen LogP contribution in [0, 0.1) is 0 Å². The molecule has 0 saturated heterocycles. The first-order valence-corrected chi connectivity index (χ1v) is 10.2. The highest BCUT2D eigenvalue weighted by Crippen LogP contribution is 2.30. The summed E-state index contributed by atoms with van der Waals surface area (Å²) >= 11 is 0. The smallest absolute Gasteiger partial charge is 0.259 e. The van der Waals surface area contributed by atoms with Crippen molar-refractivity contribution in [2.75, 3.05) is 25.0 Å². The summed E-state index contributed by atoms with van der Waals surface area (Å²) in [6.45, 7) is 6.59. The average molecular weight is 395 g/mol. The minimum absolute atomic E-state index is 0.0831. The molecule has 3 N–H and O–H groups in total. The minimum Gasteiger partial charge on any atom is -0.492 e. The van der Waals surface area contributed by atoms with Gasteiger partial charge in [-0.1, -0.05) is 13.8 Å². The first-order valence-electron chi connectivity index (χ1n) is 8.73. The Kier molecular flexibility index (Phi) is 7.00. The molecule has 1 heterocycles. The number of sulfonamides is 1. The zero-order valence-corrected chi connectivity index (χ0v) is 16.5. The predicted molar refractivity (Wildman–Crippen MR) is 102 cm³/mol. The van der Waals surface area contributed by atoms with Crippen LogP contribution in [-0.4, -0.2) is 38.3 Å². The lowest BCUT2D eigenvalue weighted by molar-refractivity contribution is 0.102. The second-order valence-electron chi connectivity index (χ2n) is 5.64. The Balaban J connectivity index is 2.39. The molecule has 0 spiro atoms. The Morgan fingerprint density at radius 1 is 1.22 bits per heavy atom. The van der Waals surface area contributed by atoms with Crippen LogP contribution >= 0.6 is 0 Å². The highest BCUT2D eigenvalue weighted by molar-refractivity contribution is 7.89. The second kappa shape index (κ2) is 9.03. The summed E-state index contributed by atoms with van der Waals surface area (Å²) in [6, 6.07) is 5.95. The number of furan rings is 1. The zero-order valence-electron chi connectivity index (χ0n) is 15.7. The van der Waals surface area contributed by atoms with E-state index in [2.05, 4.69) is 5.32 Å². The van der Waals surface area contributed by atoms with Crippen LogP contribution in [0.1, 0.15) is 36.9 Å². The van der Waals surface area contributed by atoms with E-state index in [4.69, 9.17) is 14.9 Å². The number of anilines is 1. The Morgan fingerprint density at radius 2 is 1.93 bits per heavy atom. The van der Waals surface area contributed by atoms with E-state index in [-0.39, 0.29) is 22.7 Å². The quantitative estimate of drug-likeness (QED) is 0.674. The zero-order chi connectivity index (χ0) is 20.0. The Labute approximate surface area is 159 Å². The SMILES string of the molecule is CCOc1ccc(S(=O)(=O)N(CC)CC)cc1NC(=O)c1coc(CN)c1. The number of nitrogens with one attached hydrogen (secondary N) is 1. The monoisotopic (exact) mass is 395 g/mol. The van der Waals surface area contributed by atoms with E-state index in [1.165, 1.54) is 34.8 Å². The fourth-order valence-corrected chi connectivity index (χ4v) is 4.05. The van der Waals surface area contributed by atoms with Crippen LogP contribution in [0.2, 0.25) is 0 Å². The van der Waals surface area contributed by atoms with E-state index >= 15 is 0 Å². The van der Waals surface area contributed by atoms with Gasteiger partial charge in [0.2, 0.25) is 10.0 Å². The van der Waals surface area contributed by atoms with Crippen molar-refractivity contribution in [2.45, 2.75) is 32.2 Å². The maximum atomic E-state index is 12.8. The molecule has 0 aliphatic heterocycles. The van der Waals surface area contributed by atoms with Crippen LogP contribution in [0.5, 0.6) is 5.75 Å². The van der Waals surface area contributed by atoms with Gasteiger partial charge in [0.1, 0.15) is 17.8 Å². The molecule has 2 rings (SSSR count). The van der Waals surface area contributed by atoms with Crippen molar-refractivity contribution >= 4 is 21.6 Å². The number of benzene rings is 1. The normalized spacial score (nSPS) is 11.6. The highest BCUT2D eigenvalue weighted by Gasteiger charge is 2.23. The Bertz CT molecular complexity index is 888. The molecule has 0 aliphatic carbocycles. The lowest BCUT2D eigenvalue weighted by atomic mass is 10.2. The molecule has 1 aromatic heterocycles. The maximum Gasteiger partial charge on any atom is 0.259 e. The van der Waals surface area contributed by atoms with E-state index in [1.807, 2.05) is 0 Å². The number of nitrogens with two attached hydrogens (primary N) is 1. The molecule has 0 radical (unpaired) electrons. The van der Waals surface area contributed by atoms with Gasteiger partial charge in [-0.2, -0.15) is 4.31 Å². The molecule has 1 aromatic carbocycles. The Morgan fingerprint density at radius 3 is 2.48 bits per heavy atom. The number of ether oxygens (including phenoxy) is 1. The molecule has 1 amide bonds. The van der Waals surface area contributed by atoms with E-state index < -0.39 is 15.9 Å². The third-order valence-electron chi connectivity index (χ3n) is 3.96. The van der Waals surface area contributed by atoms with E-state index in [9.17, 15) is 13.2 Å². The summed E-state index contributed by atoms with van der Waals surface area (Å²) < 4.78 is 37.5. The minimum atomic E-state index is -3.66. The second-order valence-corrected chi connectivity index (χ2v) is 7.58. The third kappa shape index (κ3) is 4.68. The van der Waals surface area contributed by atoms with Gasteiger partial charge in [-0.3, -0.25) is 4.79 Å². The summed E-state index contributed by atoms with van der Waals surface area (Å²) in [5.41, 5.74) is 6.04. The number of nitrogens with zero attached hydrogens (tertiary/aromatic N) is 1. The Hall–Kier alpha value is -2.36. The van der Waals surface area contributed by atoms with Crippen molar-refractivity contribution in [1.29, 1.82) is 0 Å². The van der Waals surface area contributed by atoms with Crippen molar-refractivity contribution in [3.05, 3.63) is 41.9 Å². The molecule has 0 unspecified atom stereocenters. The molecule has 0 saturated carbocycles. The third-order valence-corrected chi connectivity index (χ3v) is 6.01. The largest absolute Gasteiger partial charge is 0.492 e. The molecule has 0 fully saturated rings. The van der Waals surface area contributed by atoms with Crippen molar-refractivity contribution in [3.8, 4) is 5.75 Å². The molecule has 2 aromatic rings. The molecule has 0 atom stereocenters. The van der Waals surface area contributed by atoms with E-state index in [1.54, 1.807) is 20.8 Å². The van der Waals surface area contributed by atoms with Gasteiger partial charge in [0, 0.05) is 13.1 Å². The van der Waals surface area contributed by atoms with Gasteiger partial charge in [0.25, 0.3) is 5.91 Å². The molecule has 148 valence electrons. The van der Waals surface area contributed by atoms with Gasteiger partial charge in [-0.25, -0.2) is 8.42 Å². The molecular weight excluding hydrogens is 370 g/mol. The van der Waals surface area contributed by atoms with E-state index in [0.717, 1.165) is 0 Å². The van der Waals surface area contributed by atoms with Gasteiger partial charge in [-0.05, 0) is 31.2 Å². The number of carbonyl (C=O) groups is 1. The van der Waals surface area contributed by atoms with Crippen molar-refractivity contribution in [3.63, 3.8) is 0 Å². The summed E-state index contributed by atoms with van der Waals surface area (Å²) in [5.74, 6) is 0.409. The summed E-state index contributed by atoms with van der Waals surface area (Å²) in [5, 5.41) is 2.69. The van der Waals surface area contributed by atoms with Crippen molar-refractivity contribution in [1.82, 2.24) is 4.31 Å². The summed E-state index contributed by atoms with van der Waals surface area (Å²) in [4.78, 5) is 12.6. The summed E-state index contributed by atoms with van der Waals surface area (Å²) in [6.07, 6.45) is 1.30. The number of rotatable bonds is 9. The molecule has 0 bridgehead atoms.